The van der Waals surface area contributed by atoms with Gasteiger partial charge < -0.3 is 54.5 Å². The lowest BCUT2D eigenvalue weighted by Crippen LogP contribution is -2.66. The van der Waals surface area contributed by atoms with Crippen molar-refractivity contribution < 1.29 is 75.5 Å². The van der Waals surface area contributed by atoms with Gasteiger partial charge in [0.2, 0.25) is 0 Å². The minimum Gasteiger partial charge on any atom is -0.462 e. The van der Waals surface area contributed by atoms with Crippen molar-refractivity contribution >= 4 is 25.7 Å². The van der Waals surface area contributed by atoms with Gasteiger partial charge in [0.05, 0.1) is 58.1 Å². The molecular weight excluding hydrogens is 1320 g/mol. The average molecular weight is 1460 g/mol. The van der Waals surface area contributed by atoms with E-state index in [1.807, 2.05) is 121 Å². The third kappa shape index (κ3) is 36.5. The lowest BCUT2D eigenvalue weighted by molar-refractivity contribution is -0.303. The number of aliphatic hydroxyl groups excluding tert-OH is 1. The van der Waals surface area contributed by atoms with Gasteiger partial charge in [0.1, 0.15) is 30.5 Å². The maximum atomic E-state index is 15.6. The fraction of sp³-hybridized carbons (Fsp3) is 0.679. The molecule has 0 aliphatic carbocycles. The zero-order chi connectivity index (χ0) is 73.2. The van der Waals surface area contributed by atoms with E-state index in [9.17, 15) is 14.7 Å². The number of carbonyl (C=O) groups excluding carboxylic acids is 3. The number of phosphoric ester groups is 1. The highest BCUT2D eigenvalue weighted by atomic mass is 31.2. The second-order valence-corrected chi connectivity index (χ2v) is 30.1. The Bertz CT molecular complexity index is 2780. The summed E-state index contributed by atoms with van der Waals surface area (Å²) in [5.41, 5.74) is 17.2. The monoisotopic (exact) mass is 1450 g/mol. The molecule has 2 heterocycles. The molecule has 0 aromatic heterocycles. The third-order valence-corrected chi connectivity index (χ3v) is 20.9. The van der Waals surface area contributed by atoms with Crippen LogP contribution in [-0.4, -0.2) is 104 Å². The average Bonchev–Trinajstić information content (AvgIpc) is 0.789. The van der Waals surface area contributed by atoms with Gasteiger partial charge in [-0.25, -0.2) is 4.57 Å². The molecule has 2 saturated heterocycles. The Morgan fingerprint density at radius 1 is 0.417 bits per heavy atom. The highest BCUT2D eigenvalue weighted by Crippen LogP contribution is 2.54. The van der Waals surface area contributed by atoms with Gasteiger partial charge in [0.25, 0.3) is 0 Å². The first kappa shape index (κ1) is 87.0. The Hall–Kier alpha value is -4.92. The number of esters is 3. The fourth-order valence-corrected chi connectivity index (χ4v) is 14.7. The summed E-state index contributed by atoms with van der Waals surface area (Å²) >= 11 is 0. The van der Waals surface area contributed by atoms with Gasteiger partial charge in [0, 0.05) is 12.8 Å². The molecule has 5 N–H and O–H groups in total. The van der Waals surface area contributed by atoms with Crippen molar-refractivity contribution in [3.63, 3.8) is 0 Å². The first-order valence-corrected chi connectivity index (χ1v) is 41.5. The number of rotatable bonds is 59. The van der Waals surface area contributed by atoms with Crippen LogP contribution in [0.4, 0.5) is 0 Å². The van der Waals surface area contributed by atoms with Crippen LogP contribution in [0.2, 0.25) is 0 Å². The Kier molecular flexibility index (Phi) is 45.4. The smallest absolute Gasteiger partial charge is 0.462 e. The topological polar surface area (TPSA) is 242 Å². The standard InChI is InChI=1S/C84H131N2O16P/c1-4-7-10-13-16-19-21-22-24-27-30-33-48-59-75(88)100-81-77(85)83(93-62-68-51-40-35-41-52-68)98-72(79(81)90)66-94-84-78(86)82(101-76(89)60-71(57-46-31-28-25-18-15-12-9-6-3)97-74(87)58-47-32-29-26-23-20-17-14-11-8-5-2)80(73(99-84)65-92-61-67-49-38-34-39-50-67)102-103(91,95-63-69-53-42-36-43-54-69)96-64-70-55-44-37-45-56-70/h34-45,49-56,71-73,77-84,90H,4-33,46-48,57-66,85-86H2,1-3H3/t71-,72?,73?,77?,78?,79-,80-,81?,82?,83+,84-/m1/s1. The molecule has 0 bridgehead atoms. The summed E-state index contributed by atoms with van der Waals surface area (Å²) in [6.07, 6.45) is 25.9. The van der Waals surface area contributed by atoms with Crippen molar-refractivity contribution in [1.82, 2.24) is 0 Å². The summed E-state index contributed by atoms with van der Waals surface area (Å²) in [5, 5.41) is 12.2. The molecule has 0 amide bonds. The van der Waals surface area contributed by atoms with E-state index in [1.54, 1.807) is 0 Å². The number of aliphatic hydroxyl groups is 1. The van der Waals surface area contributed by atoms with Gasteiger partial charge in [-0.05, 0) is 47.9 Å². The predicted octanol–water partition coefficient (Wildman–Crippen LogP) is 19.1. The molecule has 103 heavy (non-hydrogen) atoms. The van der Waals surface area contributed by atoms with Crippen LogP contribution in [0, 0.1) is 0 Å². The number of carbonyl (C=O) groups is 3. The van der Waals surface area contributed by atoms with Crippen LogP contribution < -0.4 is 11.5 Å². The minimum atomic E-state index is -4.72. The fourth-order valence-electron chi connectivity index (χ4n) is 13.3. The number of hydrogen-bond donors (Lipinski definition) is 3. The molecule has 0 radical (unpaired) electrons. The minimum absolute atomic E-state index is 0.0881. The van der Waals surface area contributed by atoms with Gasteiger partial charge in [-0.15, -0.1) is 0 Å². The largest absolute Gasteiger partial charge is 0.475 e. The van der Waals surface area contributed by atoms with E-state index in [4.69, 9.17) is 62.9 Å². The summed E-state index contributed by atoms with van der Waals surface area (Å²) in [7, 11) is -4.72. The van der Waals surface area contributed by atoms with Crippen LogP contribution in [0.3, 0.4) is 0 Å². The molecule has 2 aliphatic heterocycles. The molecule has 4 aromatic carbocycles. The zero-order valence-corrected chi connectivity index (χ0v) is 63.9. The Morgan fingerprint density at radius 2 is 0.786 bits per heavy atom. The molecule has 2 fully saturated rings. The van der Waals surface area contributed by atoms with E-state index in [-0.39, 0.29) is 58.3 Å². The normalized spacial score (nSPS) is 20.9. The molecule has 2 aliphatic rings. The van der Waals surface area contributed by atoms with Gasteiger partial charge >= 0.3 is 25.7 Å². The molecule has 19 heteroatoms. The highest BCUT2D eigenvalue weighted by Gasteiger charge is 2.53. The lowest BCUT2D eigenvalue weighted by atomic mass is 9.96. The van der Waals surface area contributed by atoms with Crippen LogP contribution in [0.1, 0.15) is 281 Å². The van der Waals surface area contributed by atoms with E-state index in [0.29, 0.717) is 30.4 Å². The molecule has 18 nitrogen and oxygen atoms in total. The number of nitrogens with two attached hydrogens (primary N) is 2. The Morgan fingerprint density at radius 3 is 1.24 bits per heavy atom. The predicted molar refractivity (Wildman–Crippen MR) is 405 cm³/mol. The van der Waals surface area contributed by atoms with Crippen LogP contribution in [-0.2, 0) is 96.8 Å². The quantitative estimate of drug-likeness (QED) is 0.0161. The van der Waals surface area contributed by atoms with Crippen molar-refractivity contribution in [2.45, 2.75) is 352 Å². The summed E-state index contributed by atoms with van der Waals surface area (Å²) in [6.45, 7) is 5.83. The maximum Gasteiger partial charge on any atom is 0.475 e. The molecular formula is C84H131N2O16P. The summed E-state index contributed by atoms with van der Waals surface area (Å²) in [4.78, 5) is 42.6. The van der Waals surface area contributed by atoms with Crippen LogP contribution in [0.25, 0.3) is 0 Å². The summed E-state index contributed by atoms with van der Waals surface area (Å²) < 4.78 is 86.1. The molecule has 578 valence electrons. The summed E-state index contributed by atoms with van der Waals surface area (Å²) in [5.74, 6) is -1.66. The van der Waals surface area contributed by atoms with Crippen molar-refractivity contribution in [2.75, 3.05) is 13.2 Å². The molecule has 11 atom stereocenters. The number of phosphoric acid groups is 1. The van der Waals surface area contributed by atoms with Crippen LogP contribution in [0.5, 0.6) is 0 Å². The van der Waals surface area contributed by atoms with Crippen molar-refractivity contribution in [2.24, 2.45) is 11.5 Å². The molecule has 4 aromatic rings. The molecule has 6 unspecified atom stereocenters. The van der Waals surface area contributed by atoms with Gasteiger partial charge in [-0.1, -0.05) is 335 Å². The molecule has 0 spiro atoms. The van der Waals surface area contributed by atoms with Gasteiger partial charge in [-0.2, -0.15) is 0 Å². The van der Waals surface area contributed by atoms with Crippen LogP contribution in [0.15, 0.2) is 121 Å². The SMILES string of the molecule is CCCCCCCCCCCCCCCC(=O)OC1C(N)[C@@H](OCc2ccccc2)OC(CO[C@@H]2OC(COCc3ccccc3)[C@@H](OP(=O)(OCc3ccccc3)OCc3ccccc3)C(OC(=O)C[C@@H](CCCCCCCCCCC)OC(=O)CCCCCCCCCCCCC)C2N)[C@H]1O. The first-order valence-electron chi connectivity index (χ1n) is 40.0. The lowest BCUT2D eigenvalue weighted by Gasteiger charge is -2.46. The van der Waals surface area contributed by atoms with Gasteiger partial charge in [-0.3, -0.25) is 28.0 Å². The second-order valence-electron chi connectivity index (χ2n) is 28.5. The number of unbranched alkanes of at least 4 members (excludes halogenated alkanes) is 30. The van der Waals surface area contributed by atoms with E-state index in [1.165, 1.54) is 128 Å². The summed E-state index contributed by atoms with van der Waals surface area (Å²) in [6, 6.07) is 34.7. The van der Waals surface area contributed by atoms with Crippen molar-refractivity contribution in [3.8, 4) is 0 Å². The number of benzene rings is 4. The van der Waals surface area contributed by atoms with Crippen LogP contribution >= 0.6 is 7.82 Å². The second kappa shape index (κ2) is 53.8. The number of ether oxygens (including phenoxy) is 8. The van der Waals surface area contributed by atoms with E-state index >= 15 is 9.36 Å². The number of hydrogen-bond acceptors (Lipinski definition) is 18. The van der Waals surface area contributed by atoms with E-state index < -0.39 is 93.8 Å². The van der Waals surface area contributed by atoms with E-state index in [2.05, 4.69) is 20.8 Å². The molecule has 6 rings (SSSR count). The van der Waals surface area contributed by atoms with Gasteiger partial charge in [0.15, 0.2) is 24.8 Å². The Labute approximate surface area is 618 Å². The molecule has 0 saturated carbocycles. The first-order chi connectivity index (χ1) is 50.4. The van der Waals surface area contributed by atoms with E-state index in [0.717, 1.165) is 81.8 Å². The van der Waals surface area contributed by atoms with Crippen molar-refractivity contribution in [1.29, 1.82) is 0 Å². The maximum absolute atomic E-state index is 15.6. The highest BCUT2D eigenvalue weighted by molar-refractivity contribution is 7.48. The Balaban J connectivity index is 1.25. The van der Waals surface area contributed by atoms with Crippen molar-refractivity contribution in [3.05, 3.63) is 144 Å². The third-order valence-electron chi connectivity index (χ3n) is 19.5. The zero-order valence-electron chi connectivity index (χ0n) is 63.0.